The van der Waals surface area contributed by atoms with Crippen LogP contribution in [-0.4, -0.2) is 31.2 Å². The number of aromatic amines is 1. The molecule has 1 heterocycles. The minimum atomic E-state index is -2.38. The molecule has 1 aromatic rings. The molecule has 0 unspecified atom stereocenters. The minimum Gasteiger partial charge on any atom is -0.374 e. The molecule has 80 valence electrons. The van der Waals surface area contributed by atoms with E-state index in [2.05, 4.69) is 10.3 Å². The van der Waals surface area contributed by atoms with Gasteiger partial charge in [-0.25, -0.2) is 8.78 Å². The molecule has 0 amide bonds. The Labute approximate surface area is 81.5 Å². The first-order valence-electron chi connectivity index (χ1n) is 4.47. The first kappa shape index (κ1) is 11.1. The summed E-state index contributed by atoms with van der Waals surface area (Å²) < 4.78 is 27.9. The average Bonchev–Trinajstić information content (AvgIpc) is 2.63. The molecule has 0 saturated carbocycles. The van der Waals surface area contributed by atoms with Gasteiger partial charge in [-0.3, -0.25) is 0 Å². The average molecular weight is 204 g/mol. The van der Waals surface area contributed by atoms with E-state index in [4.69, 9.17) is 4.74 Å². The SMILES string of the molecule is FC(F)COCCNCc1cc[nH]c1. The van der Waals surface area contributed by atoms with E-state index in [0.717, 1.165) is 12.1 Å². The maximum Gasteiger partial charge on any atom is 0.261 e. The first-order valence-corrected chi connectivity index (χ1v) is 4.47. The second-order valence-corrected chi connectivity index (χ2v) is 2.86. The van der Waals surface area contributed by atoms with Gasteiger partial charge in [0, 0.05) is 25.5 Å². The zero-order valence-electron chi connectivity index (χ0n) is 7.80. The molecule has 0 aliphatic heterocycles. The van der Waals surface area contributed by atoms with Gasteiger partial charge >= 0.3 is 0 Å². The molecular formula is C9H14F2N2O. The van der Waals surface area contributed by atoms with Crippen molar-refractivity contribution in [3.63, 3.8) is 0 Å². The van der Waals surface area contributed by atoms with Gasteiger partial charge in [-0.05, 0) is 11.6 Å². The molecule has 0 fully saturated rings. The highest BCUT2D eigenvalue weighted by Crippen LogP contribution is 1.94. The van der Waals surface area contributed by atoms with Gasteiger partial charge < -0.3 is 15.0 Å². The predicted molar refractivity (Wildman–Crippen MR) is 49.3 cm³/mol. The summed E-state index contributed by atoms with van der Waals surface area (Å²) in [6, 6.07) is 1.95. The van der Waals surface area contributed by atoms with Crippen LogP contribution in [0, 0.1) is 0 Å². The monoisotopic (exact) mass is 204 g/mol. The van der Waals surface area contributed by atoms with Crippen molar-refractivity contribution < 1.29 is 13.5 Å². The van der Waals surface area contributed by atoms with E-state index >= 15 is 0 Å². The van der Waals surface area contributed by atoms with Crippen LogP contribution in [0.15, 0.2) is 18.5 Å². The number of H-pyrrole nitrogens is 1. The van der Waals surface area contributed by atoms with Crippen LogP contribution in [0.4, 0.5) is 8.78 Å². The van der Waals surface area contributed by atoms with Gasteiger partial charge in [-0.1, -0.05) is 0 Å². The first-order chi connectivity index (χ1) is 6.79. The maximum atomic E-state index is 11.6. The molecule has 1 aromatic heterocycles. The lowest BCUT2D eigenvalue weighted by Crippen LogP contribution is -2.20. The highest BCUT2D eigenvalue weighted by atomic mass is 19.3. The van der Waals surface area contributed by atoms with Gasteiger partial charge in [0.15, 0.2) is 0 Å². The van der Waals surface area contributed by atoms with E-state index in [1.807, 2.05) is 18.5 Å². The Hall–Kier alpha value is -0.940. The molecule has 0 bridgehead atoms. The van der Waals surface area contributed by atoms with E-state index in [1.165, 1.54) is 0 Å². The molecule has 0 aliphatic rings. The Balaban J connectivity index is 1.90. The Kier molecular flexibility index (Phi) is 5.17. The fraction of sp³-hybridized carbons (Fsp3) is 0.556. The molecule has 0 spiro atoms. The quantitative estimate of drug-likeness (QED) is 0.658. The Morgan fingerprint density at radius 1 is 1.50 bits per heavy atom. The third-order valence-electron chi connectivity index (χ3n) is 1.66. The van der Waals surface area contributed by atoms with Crippen molar-refractivity contribution >= 4 is 0 Å². The molecule has 0 radical (unpaired) electrons. The summed E-state index contributed by atoms with van der Waals surface area (Å²) in [5.41, 5.74) is 1.14. The van der Waals surface area contributed by atoms with Crippen LogP contribution < -0.4 is 5.32 Å². The standard InChI is InChI=1S/C9H14F2N2O/c10-9(11)7-14-4-3-13-6-8-1-2-12-5-8/h1-2,5,9,12-13H,3-4,6-7H2. The van der Waals surface area contributed by atoms with Gasteiger partial charge in [0.25, 0.3) is 6.43 Å². The predicted octanol–water partition coefficient (Wildman–Crippen LogP) is 1.39. The van der Waals surface area contributed by atoms with Gasteiger partial charge in [0.1, 0.15) is 6.61 Å². The van der Waals surface area contributed by atoms with Crippen molar-refractivity contribution in [2.75, 3.05) is 19.8 Å². The number of halogens is 2. The summed E-state index contributed by atoms with van der Waals surface area (Å²) in [6.07, 6.45) is 1.34. The van der Waals surface area contributed by atoms with Crippen LogP contribution >= 0.6 is 0 Å². The molecule has 0 aliphatic carbocycles. The molecule has 0 aromatic carbocycles. The Morgan fingerprint density at radius 3 is 3.00 bits per heavy atom. The van der Waals surface area contributed by atoms with Crippen molar-refractivity contribution in [3.8, 4) is 0 Å². The highest BCUT2D eigenvalue weighted by molar-refractivity contribution is 5.07. The minimum absolute atomic E-state index is 0.314. The summed E-state index contributed by atoms with van der Waals surface area (Å²) in [7, 11) is 0. The molecule has 1 rings (SSSR count). The zero-order valence-corrected chi connectivity index (χ0v) is 7.80. The molecule has 2 N–H and O–H groups in total. The van der Waals surface area contributed by atoms with Crippen LogP contribution in [0.1, 0.15) is 5.56 Å². The number of hydrogen-bond acceptors (Lipinski definition) is 2. The summed E-state index contributed by atoms with van der Waals surface area (Å²) >= 11 is 0. The lowest BCUT2D eigenvalue weighted by Gasteiger charge is -2.04. The molecule has 0 saturated heterocycles. The lowest BCUT2D eigenvalue weighted by molar-refractivity contribution is 0.0187. The van der Waals surface area contributed by atoms with Crippen molar-refractivity contribution in [1.82, 2.24) is 10.3 Å². The van der Waals surface area contributed by atoms with E-state index in [9.17, 15) is 8.78 Å². The summed E-state index contributed by atoms with van der Waals surface area (Å²) in [5.74, 6) is 0. The van der Waals surface area contributed by atoms with Gasteiger partial charge in [0.05, 0.1) is 6.61 Å². The second kappa shape index (κ2) is 6.50. The van der Waals surface area contributed by atoms with Crippen molar-refractivity contribution in [1.29, 1.82) is 0 Å². The van der Waals surface area contributed by atoms with E-state index in [-0.39, 0.29) is 0 Å². The van der Waals surface area contributed by atoms with Crippen LogP contribution in [0.3, 0.4) is 0 Å². The number of hydrogen-bond donors (Lipinski definition) is 2. The summed E-state index contributed by atoms with van der Waals surface area (Å²) in [6.45, 7) is 1.14. The normalized spacial score (nSPS) is 11.1. The van der Waals surface area contributed by atoms with Crippen molar-refractivity contribution in [2.24, 2.45) is 0 Å². The number of nitrogens with one attached hydrogen (secondary N) is 2. The van der Waals surface area contributed by atoms with E-state index in [0.29, 0.717) is 13.2 Å². The smallest absolute Gasteiger partial charge is 0.261 e. The van der Waals surface area contributed by atoms with Gasteiger partial charge in [-0.15, -0.1) is 0 Å². The highest BCUT2D eigenvalue weighted by Gasteiger charge is 2.00. The topological polar surface area (TPSA) is 37.0 Å². The Morgan fingerprint density at radius 2 is 2.36 bits per heavy atom. The number of rotatable bonds is 7. The maximum absolute atomic E-state index is 11.6. The van der Waals surface area contributed by atoms with Gasteiger partial charge in [0.2, 0.25) is 0 Å². The number of ether oxygens (including phenoxy) is 1. The fourth-order valence-corrected chi connectivity index (χ4v) is 1.02. The number of aromatic nitrogens is 1. The molecule has 5 heteroatoms. The number of alkyl halides is 2. The molecule has 3 nitrogen and oxygen atoms in total. The summed E-state index contributed by atoms with van der Waals surface area (Å²) in [5, 5.41) is 3.07. The summed E-state index contributed by atoms with van der Waals surface area (Å²) in [4.78, 5) is 2.93. The molecule has 14 heavy (non-hydrogen) atoms. The van der Waals surface area contributed by atoms with Crippen molar-refractivity contribution in [3.05, 3.63) is 24.0 Å². The van der Waals surface area contributed by atoms with E-state index < -0.39 is 13.0 Å². The third kappa shape index (κ3) is 4.94. The van der Waals surface area contributed by atoms with Crippen LogP contribution in [0.25, 0.3) is 0 Å². The van der Waals surface area contributed by atoms with Crippen LogP contribution in [-0.2, 0) is 11.3 Å². The molecule has 0 atom stereocenters. The molecular weight excluding hydrogens is 190 g/mol. The van der Waals surface area contributed by atoms with Crippen molar-refractivity contribution in [2.45, 2.75) is 13.0 Å². The third-order valence-corrected chi connectivity index (χ3v) is 1.66. The zero-order chi connectivity index (χ0) is 10.2. The lowest BCUT2D eigenvalue weighted by atomic mass is 10.3. The van der Waals surface area contributed by atoms with E-state index in [1.54, 1.807) is 0 Å². The van der Waals surface area contributed by atoms with Crippen LogP contribution in [0.5, 0.6) is 0 Å². The van der Waals surface area contributed by atoms with Gasteiger partial charge in [-0.2, -0.15) is 0 Å². The van der Waals surface area contributed by atoms with Crippen LogP contribution in [0.2, 0.25) is 0 Å². The fourth-order valence-electron chi connectivity index (χ4n) is 1.02. The second-order valence-electron chi connectivity index (χ2n) is 2.86. The Bertz CT molecular complexity index is 227. The largest absolute Gasteiger partial charge is 0.374 e.